The molecule has 0 aliphatic carbocycles. The second-order valence-corrected chi connectivity index (χ2v) is 2.94. The van der Waals surface area contributed by atoms with Crippen molar-refractivity contribution in [1.29, 1.82) is 0 Å². The molecule has 0 amide bonds. The highest BCUT2D eigenvalue weighted by atomic mass is 32.2. The molecule has 0 aromatic heterocycles. The van der Waals surface area contributed by atoms with Gasteiger partial charge in [-0.15, -0.1) is 0 Å². The van der Waals surface area contributed by atoms with Crippen molar-refractivity contribution < 1.29 is 14.4 Å². The van der Waals surface area contributed by atoms with Gasteiger partial charge in [-0.2, -0.15) is 0 Å². The van der Waals surface area contributed by atoms with E-state index >= 15 is 0 Å². The molecule has 10 heavy (non-hydrogen) atoms. The van der Waals surface area contributed by atoms with Gasteiger partial charge in [-0.05, 0) is 0 Å². The summed E-state index contributed by atoms with van der Waals surface area (Å²) in [4.78, 5) is 30.0. The summed E-state index contributed by atoms with van der Waals surface area (Å²) in [6.07, 6.45) is 3.04. The van der Waals surface area contributed by atoms with Crippen LogP contribution in [0.15, 0.2) is 0 Å². The lowest BCUT2D eigenvalue weighted by atomic mass is 10.4. The fourth-order valence-corrected chi connectivity index (χ4v) is 0.984. The third-order valence-electron chi connectivity index (χ3n) is 0.708. The highest BCUT2D eigenvalue weighted by Gasteiger charge is 2.10. The van der Waals surface area contributed by atoms with E-state index in [9.17, 15) is 14.4 Å². The Morgan fingerprint density at radius 1 is 1.60 bits per heavy atom. The van der Waals surface area contributed by atoms with Gasteiger partial charge in [0.1, 0.15) is 0 Å². The van der Waals surface area contributed by atoms with Gasteiger partial charge in [0.05, 0.1) is 5.25 Å². The van der Waals surface area contributed by atoms with Crippen LogP contribution >= 0.6 is 11.8 Å². The van der Waals surface area contributed by atoms with Crippen LogP contribution in [-0.2, 0) is 14.4 Å². The first-order chi connectivity index (χ1) is 4.70. The van der Waals surface area contributed by atoms with Crippen molar-refractivity contribution in [3.63, 3.8) is 0 Å². The Kier molecular flexibility index (Phi) is 4.84. The van der Waals surface area contributed by atoms with Gasteiger partial charge in [0.25, 0.3) is 0 Å². The van der Waals surface area contributed by atoms with Crippen molar-refractivity contribution in [3.8, 4) is 0 Å². The molecule has 0 N–H and O–H groups in total. The zero-order valence-corrected chi connectivity index (χ0v) is 6.23. The smallest absolute Gasteiger partial charge is 0.213 e. The summed E-state index contributed by atoms with van der Waals surface area (Å²) in [5, 5.41) is -0.862. The second-order valence-electron chi connectivity index (χ2n) is 1.56. The number of thioether (sulfide) groups is 1. The molecule has 0 aromatic rings. The maximum atomic E-state index is 10.3. The predicted molar refractivity (Wildman–Crippen MR) is 38.1 cm³/mol. The molecule has 0 saturated carbocycles. The number of hydrogen-bond acceptors (Lipinski definition) is 4. The van der Waals surface area contributed by atoms with Gasteiger partial charge in [-0.3, -0.25) is 14.4 Å². The minimum absolute atomic E-state index is 0.0618. The Balaban J connectivity index is 3.70. The van der Waals surface area contributed by atoms with Crippen molar-refractivity contribution >= 4 is 29.4 Å². The molecule has 3 nitrogen and oxygen atoms in total. The molecule has 4 heteroatoms. The number of rotatable bonds is 4. The molecule has 1 atom stereocenters. The van der Waals surface area contributed by atoms with E-state index in [0.29, 0.717) is 0 Å². The number of hydrogen-bond donors (Lipinski definition) is 0. The van der Waals surface area contributed by atoms with Gasteiger partial charge < -0.3 is 0 Å². The molecular weight excluding hydrogens is 152 g/mol. The lowest BCUT2D eigenvalue weighted by Crippen LogP contribution is -2.06. The summed E-state index contributed by atoms with van der Waals surface area (Å²) in [5.41, 5.74) is 0. The molecule has 0 aliphatic heterocycles. The average Bonchev–Trinajstić information content (AvgIpc) is 1.86. The van der Waals surface area contributed by atoms with E-state index in [4.69, 9.17) is 0 Å². The Morgan fingerprint density at radius 3 is 2.50 bits per heavy atom. The van der Waals surface area contributed by atoms with E-state index in [1.54, 1.807) is 6.29 Å². The first-order valence-corrected chi connectivity index (χ1v) is 3.48. The van der Waals surface area contributed by atoms with Crippen molar-refractivity contribution in [2.45, 2.75) is 18.6 Å². The minimum Gasteiger partial charge on any atom is -0.291 e. The van der Waals surface area contributed by atoms with Crippen LogP contribution in [0.5, 0.6) is 0 Å². The normalized spacial score (nSPS) is 12.1. The molecule has 54 valence electrons. The summed E-state index contributed by atoms with van der Waals surface area (Å²) < 4.78 is 0. The second kappa shape index (κ2) is 5.17. The molecular formula is C6H6O3S. The molecule has 0 heterocycles. The summed E-state index contributed by atoms with van der Waals surface area (Å²) in [5.74, 6) is 0. The minimum atomic E-state index is -0.671. The summed E-state index contributed by atoms with van der Waals surface area (Å²) in [6.45, 7) is 1.33. The quantitative estimate of drug-likeness (QED) is 0.588. The summed E-state index contributed by atoms with van der Waals surface area (Å²) in [7, 11) is 0. The fraction of sp³-hybridized carbons (Fsp3) is 0.500. The van der Waals surface area contributed by atoms with Crippen LogP contribution in [-0.4, -0.2) is 22.9 Å². The lowest BCUT2D eigenvalue weighted by Gasteiger charge is -1.98. The molecule has 0 fully saturated rings. The molecule has 0 bridgehead atoms. The Morgan fingerprint density at radius 2 is 2.20 bits per heavy atom. The third kappa shape index (κ3) is 4.26. The third-order valence-corrected chi connectivity index (χ3v) is 1.59. The monoisotopic (exact) mass is 158 g/mol. The zero-order valence-electron chi connectivity index (χ0n) is 5.42. The fourth-order valence-electron chi connectivity index (χ4n) is 0.383. The van der Waals surface area contributed by atoms with Crippen LogP contribution in [0.2, 0.25) is 0 Å². The largest absolute Gasteiger partial charge is 0.291 e. The number of carbonyl (C=O) groups excluding carboxylic acids is 3. The molecule has 0 rings (SSSR count). The van der Waals surface area contributed by atoms with Crippen molar-refractivity contribution in [3.05, 3.63) is 0 Å². The maximum absolute atomic E-state index is 10.3. The molecule has 2 radical (unpaired) electrons. The number of carbonyl (C=O) groups is 1. The average molecular weight is 158 g/mol. The van der Waals surface area contributed by atoms with E-state index < -0.39 is 5.25 Å². The Hall–Kier alpha value is -0.640. The Bertz CT molecular complexity index is 144. The molecule has 0 unspecified atom stereocenters. The molecule has 0 spiro atoms. The maximum Gasteiger partial charge on any atom is 0.213 e. The van der Waals surface area contributed by atoms with Crippen molar-refractivity contribution in [2.75, 3.05) is 0 Å². The highest BCUT2D eigenvalue weighted by Crippen LogP contribution is 2.11. The first-order valence-electron chi connectivity index (χ1n) is 2.60. The van der Waals surface area contributed by atoms with Crippen LogP contribution in [0.25, 0.3) is 0 Å². The molecule has 0 aliphatic rings. The van der Waals surface area contributed by atoms with Gasteiger partial charge in [-0.25, -0.2) is 0 Å². The topological polar surface area (TPSA) is 51.2 Å². The Labute approximate surface area is 63.2 Å². The molecule has 0 saturated heterocycles. The van der Waals surface area contributed by atoms with Gasteiger partial charge in [0.15, 0.2) is 11.4 Å². The van der Waals surface area contributed by atoms with E-state index in [1.165, 1.54) is 13.2 Å². The van der Waals surface area contributed by atoms with E-state index in [0.717, 1.165) is 11.8 Å². The zero-order chi connectivity index (χ0) is 7.98. The van der Waals surface area contributed by atoms with E-state index in [1.807, 2.05) is 0 Å². The van der Waals surface area contributed by atoms with Crippen LogP contribution in [0.1, 0.15) is 13.3 Å². The van der Waals surface area contributed by atoms with Crippen molar-refractivity contribution in [1.82, 2.24) is 0 Å². The van der Waals surface area contributed by atoms with Crippen LogP contribution in [0.4, 0.5) is 0 Å². The first kappa shape index (κ1) is 9.36. The van der Waals surface area contributed by atoms with Gasteiger partial charge in [0, 0.05) is 13.3 Å². The van der Waals surface area contributed by atoms with E-state index in [-0.39, 0.29) is 11.5 Å². The molecule has 0 aromatic carbocycles. The van der Waals surface area contributed by atoms with Crippen LogP contribution in [0, 0.1) is 0 Å². The van der Waals surface area contributed by atoms with Gasteiger partial charge >= 0.3 is 0 Å². The highest BCUT2D eigenvalue weighted by molar-refractivity contribution is 8.14. The van der Waals surface area contributed by atoms with Crippen LogP contribution < -0.4 is 0 Å². The lowest BCUT2D eigenvalue weighted by molar-refractivity contribution is -0.109. The van der Waals surface area contributed by atoms with Crippen LogP contribution in [0.3, 0.4) is 0 Å². The SMILES string of the molecule is CC(=O)S[C@H]([C]=O)C[C]=O. The van der Waals surface area contributed by atoms with Gasteiger partial charge in [0.2, 0.25) is 6.29 Å². The van der Waals surface area contributed by atoms with Gasteiger partial charge in [-0.1, -0.05) is 11.8 Å². The summed E-state index contributed by atoms with van der Waals surface area (Å²) >= 11 is 0.799. The summed E-state index contributed by atoms with van der Waals surface area (Å²) in [6, 6.07) is 0. The van der Waals surface area contributed by atoms with Crippen molar-refractivity contribution in [2.24, 2.45) is 0 Å². The van der Waals surface area contributed by atoms with E-state index in [2.05, 4.69) is 0 Å². The standard InChI is InChI=1S/C6H6O3S/c1-5(9)10-6(4-8)2-3-7/h6H,2H2,1H3/t6-/m0/s1. The predicted octanol–water partition coefficient (Wildman–Crippen LogP) is 0.244.